The van der Waals surface area contributed by atoms with E-state index in [1.54, 1.807) is 26.0 Å². The number of rotatable bonds is 3. The second-order valence-electron chi connectivity index (χ2n) is 3.18. The standard InChI is InChI=1S/C14H14O2/c1-3-7-12(2)14(15)16-11-10-13-8-5-4-6-9-13/h3-6,8-11H,1-2H3. The molecule has 1 rings (SSSR count). The Bertz CT molecular complexity index is 435. The summed E-state index contributed by atoms with van der Waals surface area (Å²) in [6.45, 7) is 3.47. The first-order valence-corrected chi connectivity index (χ1v) is 5.04. The normalized spacial score (nSPS) is 9.62. The molecule has 0 unspecified atom stereocenters. The zero-order valence-electron chi connectivity index (χ0n) is 9.44. The van der Waals surface area contributed by atoms with E-state index in [1.165, 1.54) is 6.26 Å². The number of esters is 1. The van der Waals surface area contributed by atoms with Crippen molar-refractivity contribution >= 4 is 12.0 Å². The summed E-state index contributed by atoms with van der Waals surface area (Å²) in [5, 5.41) is 0. The molecule has 0 N–H and O–H groups in total. The maximum absolute atomic E-state index is 11.3. The van der Waals surface area contributed by atoms with Gasteiger partial charge in [-0.1, -0.05) is 30.3 Å². The molecule has 0 aliphatic rings. The lowest BCUT2D eigenvalue weighted by Gasteiger charge is -1.96. The zero-order valence-corrected chi connectivity index (χ0v) is 9.44. The number of benzene rings is 1. The van der Waals surface area contributed by atoms with Gasteiger partial charge in [-0.3, -0.25) is 0 Å². The lowest BCUT2D eigenvalue weighted by atomic mass is 10.2. The number of ether oxygens (including phenoxy) is 1. The molecule has 0 radical (unpaired) electrons. The van der Waals surface area contributed by atoms with Crippen LogP contribution in [0.25, 0.3) is 6.08 Å². The van der Waals surface area contributed by atoms with Gasteiger partial charge in [0.15, 0.2) is 0 Å². The van der Waals surface area contributed by atoms with Crippen molar-refractivity contribution in [2.45, 2.75) is 13.8 Å². The van der Waals surface area contributed by atoms with E-state index in [2.05, 4.69) is 5.73 Å². The van der Waals surface area contributed by atoms with E-state index in [9.17, 15) is 4.79 Å². The average Bonchev–Trinajstić information content (AvgIpc) is 2.30. The molecule has 0 aliphatic heterocycles. The van der Waals surface area contributed by atoms with E-state index in [0.29, 0.717) is 5.57 Å². The second-order valence-corrected chi connectivity index (χ2v) is 3.18. The van der Waals surface area contributed by atoms with Crippen LogP contribution in [0.15, 0.2) is 54.0 Å². The molecule has 2 heteroatoms. The van der Waals surface area contributed by atoms with Gasteiger partial charge < -0.3 is 4.74 Å². The minimum Gasteiger partial charge on any atom is -0.431 e. The van der Waals surface area contributed by atoms with E-state index >= 15 is 0 Å². The maximum Gasteiger partial charge on any atom is 0.346 e. The summed E-state index contributed by atoms with van der Waals surface area (Å²) in [6.07, 6.45) is 4.80. The second kappa shape index (κ2) is 6.44. The minimum atomic E-state index is -0.384. The third-order valence-corrected chi connectivity index (χ3v) is 1.90. The molecule has 0 amide bonds. The first kappa shape index (κ1) is 12.0. The van der Waals surface area contributed by atoms with Crippen LogP contribution in [0.3, 0.4) is 0 Å². The fourth-order valence-electron chi connectivity index (χ4n) is 1.10. The molecule has 0 heterocycles. The van der Waals surface area contributed by atoms with Crippen LogP contribution >= 0.6 is 0 Å². The third kappa shape index (κ3) is 3.99. The van der Waals surface area contributed by atoms with Crippen LogP contribution in [0.4, 0.5) is 0 Å². The zero-order chi connectivity index (χ0) is 11.8. The smallest absolute Gasteiger partial charge is 0.346 e. The number of hydrogen-bond acceptors (Lipinski definition) is 2. The van der Waals surface area contributed by atoms with Crippen LogP contribution in [0, 0.1) is 0 Å². The molecule has 0 bridgehead atoms. The highest BCUT2D eigenvalue weighted by atomic mass is 16.5. The highest BCUT2D eigenvalue weighted by molar-refractivity contribution is 5.88. The summed E-state index contributed by atoms with van der Waals surface area (Å²) in [6, 6.07) is 9.64. The fraction of sp³-hybridized carbons (Fsp3) is 0.143. The summed E-state index contributed by atoms with van der Waals surface area (Å²) in [4.78, 5) is 11.3. The van der Waals surface area contributed by atoms with Crippen molar-refractivity contribution in [3.63, 3.8) is 0 Å². The quantitative estimate of drug-likeness (QED) is 0.334. The summed E-state index contributed by atoms with van der Waals surface area (Å²) < 4.78 is 4.92. The predicted molar refractivity (Wildman–Crippen MR) is 64.5 cm³/mol. The van der Waals surface area contributed by atoms with E-state index < -0.39 is 0 Å². The van der Waals surface area contributed by atoms with Crippen LogP contribution in [0.5, 0.6) is 0 Å². The monoisotopic (exact) mass is 214 g/mol. The lowest BCUT2D eigenvalue weighted by molar-refractivity contribution is -0.133. The molecule has 0 saturated carbocycles. The van der Waals surface area contributed by atoms with Gasteiger partial charge in [0.05, 0.1) is 11.8 Å². The van der Waals surface area contributed by atoms with Crippen molar-refractivity contribution in [2.75, 3.05) is 0 Å². The van der Waals surface area contributed by atoms with Crippen molar-refractivity contribution in [1.29, 1.82) is 0 Å². The van der Waals surface area contributed by atoms with Gasteiger partial charge in [-0.25, -0.2) is 4.79 Å². The summed E-state index contributed by atoms with van der Waals surface area (Å²) in [5.74, 6) is -0.384. The van der Waals surface area contributed by atoms with Crippen molar-refractivity contribution in [1.82, 2.24) is 0 Å². The van der Waals surface area contributed by atoms with E-state index in [4.69, 9.17) is 4.74 Å². The van der Waals surface area contributed by atoms with Crippen LogP contribution < -0.4 is 0 Å². The molecule has 0 spiro atoms. The van der Waals surface area contributed by atoms with Crippen molar-refractivity contribution < 1.29 is 9.53 Å². The highest BCUT2D eigenvalue weighted by Gasteiger charge is 2.01. The lowest BCUT2D eigenvalue weighted by Crippen LogP contribution is -1.99. The molecule has 16 heavy (non-hydrogen) atoms. The molecule has 82 valence electrons. The molecular weight excluding hydrogens is 200 g/mol. The SMILES string of the molecule is CC=C=C(C)C(=O)OC=Cc1ccccc1. The van der Waals surface area contributed by atoms with Crippen molar-refractivity contribution in [3.05, 3.63) is 59.5 Å². The van der Waals surface area contributed by atoms with E-state index in [-0.39, 0.29) is 5.97 Å². The average molecular weight is 214 g/mol. The van der Waals surface area contributed by atoms with E-state index in [0.717, 1.165) is 5.56 Å². The van der Waals surface area contributed by atoms with Crippen LogP contribution in [0.2, 0.25) is 0 Å². The Morgan fingerprint density at radius 2 is 2.00 bits per heavy atom. The van der Waals surface area contributed by atoms with Gasteiger partial charge in [0.2, 0.25) is 0 Å². The first-order chi connectivity index (χ1) is 7.74. The summed E-state index contributed by atoms with van der Waals surface area (Å²) >= 11 is 0. The Kier molecular flexibility index (Phi) is 4.84. The van der Waals surface area contributed by atoms with Gasteiger partial charge >= 0.3 is 5.97 Å². The molecule has 0 aliphatic carbocycles. The molecule has 2 nitrogen and oxygen atoms in total. The Morgan fingerprint density at radius 3 is 2.62 bits per heavy atom. The minimum absolute atomic E-state index is 0.384. The molecule has 0 fully saturated rings. The Balaban J connectivity index is 2.56. The van der Waals surface area contributed by atoms with Crippen molar-refractivity contribution in [2.24, 2.45) is 0 Å². The number of carbonyl (C=O) groups excluding carboxylic acids is 1. The molecule has 0 saturated heterocycles. The topological polar surface area (TPSA) is 26.3 Å². The van der Waals surface area contributed by atoms with Gasteiger partial charge in [-0.2, -0.15) is 0 Å². The molecule has 0 atom stereocenters. The summed E-state index contributed by atoms with van der Waals surface area (Å²) in [5.41, 5.74) is 4.22. The third-order valence-electron chi connectivity index (χ3n) is 1.90. The first-order valence-electron chi connectivity index (χ1n) is 5.04. The Hall–Kier alpha value is -2.05. The van der Waals surface area contributed by atoms with Crippen LogP contribution in [0.1, 0.15) is 19.4 Å². The van der Waals surface area contributed by atoms with Crippen LogP contribution in [-0.4, -0.2) is 5.97 Å². The van der Waals surface area contributed by atoms with Gasteiger partial charge in [0.25, 0.3) is 0 Å². The molecule has 1 aromatic rings. The van der Waals surface area contributed by atoms with Gasteiger partial charge in [-0.15, -0.1) is 5.73 Å². The van der Waals surface area contributed by atoms with Gasteiger partial charge in [0.1, 0.15) is 0 Å². The van der Waals surface area contributed by atoms with Gasteiger partial charge in [-0.05, 0) is 31.6 Å². The number of hydrogen-bond donors (Lipinski definition) is 0. The largest absolute Gasteiger partial charge is 0.431 e. The van der Waals surface area contributed by atoms with Gasteiger partial charge in [0, 0.05) is 0 Å². The summed E-state index contributed by atoms with van der Waals surface area (Å²) in [7, 11) is 0. The Morgan fingerprint density at radius 1 is 1.31 bits per heavy atom. The van der Waals surface area contributed by atoms with E-state index in [1.807, 2.05) is 30.3 Å². The highest BCUT2D eigenvalue weighted by Crippen LogP contribution is 2.02. The maximum atomic E-state index is 11.3. The fourth-order valence-corrected chi connectivity index (χ4v) is 1.10. The number of carbonyl (C=O) groups is 1. The van der Waals surface area contributed by atoms with Crippen LogP contribution in [-0.2, 0) is 9.53 Å². The molecular formula is C14H14O2. The molecule has 1 aromatic carbocycles. The van der Waals surface area contributed by atoms with Crippen molar-refractivity contribution in [3.8, 4) is 0 Å². The molecule has 0 aromatic heterocycles. The predicted octanol–water partition coefficient (Wildman–Crippen LogP) is 3.32. The Labute approximate surface area is 95.6 Å².